The van der Waals surface area contributed by atoms with E-state index in [0.29, 0.717) is 37.6 Å². The number of rotatable bonds is 5. The van der Waals surface area contributed by atoms with Gasteiger partial charge in [0.15, 0.2) is 0 Å². The zero-order valence-corrected chi connectivity index (χ0v) is 18.6. The van der Waals surface area contributed by atoms with Crippen LogP contribution >= 0.6 is 0 Å². The molecule has 0 unspecified atom stereocenters. The summed E-state index contributed by atoms with van der Waals surface area (Å²) < 4.78 is 15.2. The number of aromatic nitrogens is 3. The van der Waals surface area contributed by atoms with E-state index in [9.17, 15) is 9.59 Å². The highest BCUT2D eigenvalue weighted by Gasteiger charge is 2.26. The minimum atomic E-state index is -0.197. The van der Waals surface area contributed by atoms with E-state index >= 15 is 0 Å². The number of fused-ring (bicyclic) bond motifs is 4. The first-order chi connectivity index (χ1) is 16.6. The molecule has 0 spiro atoms. The Bertz CT molecular complexity index is 1610. The minimum absolute atomic E-state index is 0.174. The van der Waals surface area contributed by atoms with Gasteiger partial charge in [-0.3, -0.25) is 9.59 Å². The number of furan rings is 1. The van der Waals surface area contributed by atoms with Gasteiger partial charge in [-0.1, -0.05) is 24.3 Å². The van der Waals surface area contributed by atoms with Crippen molar-refractivity contribution < 1.29 is 13.9 Å². The van der Waals surface area contributed by atoms with Gasteiger partial charge in [0, 0.05) is 24.7 Å². The van der Waals surface area contributed by atoms with Crippen molar-refractivity contribution >= 4 is 27.8 Å². The van der Waals surface area contributed by atoms with Gasteiger partial charge >= 0.3 is 0 Å². The zero-order valence-electron chi connectivity index (χ0n) is 18.6. The summed E-state index contributed by atoms with van der Waals surface area (Å²) >= 11 is 0. The van der Waals surface area contributed by atoms with Gasteiger partial charge in [0.05, 0.1) is 24.0 Å². The van der Waals surface area contributed by atoms with Crippen LogP contribution in [0.3, 0.4) is 0 Å². The van der Waals surface area contributed by atoms with Crippen LogP contribution in [0.5, 0.6) is 5.75 Å². The number of imidazole rings is 1. The lowest BCUT2D eigenvalue weighted by molar-refractivity contribution is 0.0673. The molecule has 5 aromatic rings. The van der Waals surface area contributed by atoms with E-state index in [1.807, 2.05) is 49.4 Å². The molecule has 0 bridgehead atoms. The summed E-state index contributed by atoms with van der Waals surface area (Å²) in [5, 5.41) is 1.93. The maximum Gasteiger partial charge on any atom is 0.275 e. The van der Waals surface area contributed by atoms with Crippen LogP contribution in [-0.2, 0) is 6.54 Å². The van der Waals surface area contributed by atoms with Gasteiger partial charge in [-0.15, -0.1) is 0 Å². The summed E-state index contributed by atoms with van der Waals surface area (Å²) in [5.41, 5.74) is 3.08. The van der Waals surface area contributed by atoms with Crippen LogP contribution < -0.4 is 10.3 Å². The van der Waals surface area contributed by atoms with Crippen molar-refractivity contribution in [1.29, 1.82) is 0 Å². The van der Waals surface area contributed by atoms with E-state index in [-0.39, 0.29) is 11.5 Å². The predicted octanol–water partition coefficient (Wildman–Crippen LogP) is 3.78. The molecule has 4 heterocycles. The Morgan fingerprint density at radius 2 is 1.85 bits per heavy atom. The number of carbonyl (C=O) groups is 1. The molecule has 8 nitrogen and oxygen atoms in total. The third-order valence-corrected chi connectivity index (χ3v) is 6.23. The van der Waals surface area contributed by atoms with Crippen LogP contribution in [0.15, 0.2) is 76.3 Å². The summed E-state index contributed by atoms with van der Waals surface area (Å²) in [4.78, 5) is 32.0. The molecule has 34 heavy (non-hydrogen) atoms. The number of amides is 1. The van der Waals surface area contributed by atoms with E-state index < -0.39 is 0 Å². The molecule has 2 aromatic carbocycles. The van der Waals surface area contributed by atoms with Crippen LogP contribution in [0.1, 0.15) is 16.2 Å². The van der Waals surface area contributed by atoms with Crippen LogP contribution in [0, 0.1) is 6.92 Å². The fraction of sp³-hybridized carbons (Fsp3) is 0.192. The van der Waals surface area contributed by atoms with E-state index in [1.54, 1.807) is 38.7 Å². The van der Waals surface area contributed by atoms with E-state index in [2.05, 4.69) is 4.98 Å². The molecular weight excluding hydrogens is 432 g/mol. The quantitative estimate of drug-likeness (QED) is 0.404. The highest BCUT2D eigenvalue weighted by Crippen LogP contribution is 2.35. The van der Waals surface area contributed by atoms with Gasteiger partial charge in [-0.05, 0) is 37.3 Å². The number of para-hydroxylation sites is 1. The predicted molar refractivity (Wildman–Crippen MR) is 128 cm³/mol. The summed E-state index contributed by atoms with van der Waals surface area (Å²) in [7, 11) is 0. The number of hydrogen-bond donors (Lipinski definition) is 0. The molecule has 1 aliphatic heterocycles. The van der Waals surface area contributed by atoms with Crippen molar-refractivity contribution in [3.63, 3.8) is 0 Å². The first-order valence-electron chi connectivity index (χ1n) is 11.2. The monoisotopic (exact) mass is 454 g/mol. The summed E-state index contributed by atoms with van der Waals surface area (Å²) in [6.45, 7) is 3.50. The molecule has 8 heteroatoms. The zero-order chi connectivity index (χ0) is 23.2. The van der Waals surface area contributed by atoms with E-state index in [4.69, 9.17) is 9.15 Å². The second kappa shape index (κ2) is 7.91. The summed E-state index contributed by atoms with van der Waals surface area (Å²) in [5.74, 6) is 0.552. The largest absolute Gasteiger partial charge is 0.491 e. The Balaban J connectivity index is 1.20. The molecule has 1 amide bonds. The molecule has 3 aromatic heterocycles. The van der Waals surface area contributed by atoms with Gasteiger partial charge in [-0.2, -0.15) is 0 Å². The standard InChI is InChI=1S/C26H22N4O4/c1-17-15-29(16-27-17)19-9-10-20-25(31)28(11-12-30(20)26(19)32)13-14-33-22-7-4-8-23-24(22)18-5-2-3-6-21(18)34-23/h2-10,15-16H,11-14H2,1H3. The molecule has 0 saturated heterocycles. The number of benzene rings is 2. The minimum Gasteiger partial charge on any atom is -0.491 e. The maximum absolute atomic E-state index is 13.1. The SMILES string of the molecule is Cc1cn(-c2ccc3n(c2=O)CCN(CCOc2cccc4oc5ccccc5c24)C3=O)cn1. The first kappa shape index (κ1) is 20.3. The van der Waals surface area contributed by atoms with Crippen molar-refractivity contribution in [2.75, 3.05) is 19.7 Å². The van der Waals surface area contributed by atoms with E-state index in [1.165, 1.54) is 0 Å². The molecule has 170 valence electrons. The van der Waals surface area contributed by atoms with Crippen LogP contribution in [0.25, 0.3) is 27.6 Å². The molecular formula is C26H22N4O4. The van der Waals surface area contributed by atoms with Crippen LogP contribution in [-0.4, -0.2) is 44.6 Å². The first-order valence-corrected chi connectivity index (χ1v) is 11.2. The molecule has 0 saturated carbocycles. The van der Waals surface area contributed by atoms with Gasteiger partial charge in [-0.25, -0.2) is 4.98 Å². The highest BCUT2D eigenvalue weighted by molar-refractivity contribution is 6.08. The third-order valence-electron chi connectivity index (χ3n) is 6.23. The van der Waals surface area contributed by atoms with Gasteiger partial charge < -0.3 is 23.2 Å². The Labute approximate surface area is 194 Å². The van der Waals surface area contributed by atoms with Crippen molar-refractivity contribution in [3.05, 3.63) is 88.9 Å². The third kappa shape index (κ3) is 3.26. The van der Waals surface area contributed by atoms with Crippen LogP contribution in [0.4, 0.5) is 0 Å². The lowest BCUT2D eigenvalue weighted by Crippen LogP contribution is -2.46. The van der Waals surface area contributed by atoms with E-state index in [0.717, 1.165) is 33.4 Å². The Morgan fingerprint density at radius 1 is 1.00 bits per heavy atom. The molecule has 0 aliphatic carbocycles. The number of aryl methyl sites for hydroxylation is 1. The molecule has 0 fully saturated rings. The average molecular weight is 454 g/mol. The Kier molecular flexibility index (Phi) is 4.72. The topological polar surface area (TPSA) is 82.5 Å². The van der Waals surface area contributed by atoms with Crippen LogP contribution in [0.2, 0.25) is 0 Å². The van der Waals surface area contributed by atoms with Crippen molar-refractivity contribution in [2.45, 2.75) is 13.5 Å². The molecule has 0 N–H and O–H groups in total. The summed E-state index contributed by atoms with van der Waals surface area (Å²) in [6, 6.07) is 17.0. The lowest BCUT2D eigenvalue weighted by atomic mass is 10.1. The normalized spacial score (nSPS) is 13.6. The molecule has 0 atom stereocenters. The highest BCUT2D eigenvalue weighted by atomic mass is 16.5. The van der Waals surface area contributed by atoms with Gasteiger partial charge in [0.25, 0.3) is 11.5 Å². The molecule has 1 aliphatic rings. The Hall–Kier alpha value is -4.33. The molecule has 6 rings (SSSR count). The fourth-order valence-corrected chi connectivity index (χ4v) is 4.55. The lowest BCUT2D eigenvalue weighted by Gasteiger charge is -2.29. The number of ether oxygens (including phenoxy) is 1. The molecule has 0 radical (unpaired) electrons. The number of hydrogen-bond acceptors (Lipinski definition) is 5. The van der Waals surface area contributed by atoms with Crippen molar-refractivity contribution in [2.24, 2.45) is 0 Å². The van der Waals surface area contributed by atoms with Gasteiger partial charge in [0.1, 0.15) is 34.9 Å². The second-order valence-corrected chi connectivity index (χ2v) is 8.35. The Morgan fingerprint density at radius 3 is 2.71 bits per heavy atom. The fourth-order valence-electron chi connectivity index (χ4n) is 4.55. The average Bonchev–Trinajstić information content (AvgIpc) is 3.44. The number of pyridine rings is 1. The number of carbonyl (C=O) groups excluding carboxylic acids is 1. The van der Waals surface area contributed by atoms with Crippen molar-refractivity contribution in [1.82, 2.24) is 19.0 Å². The second-order valence-electron chi connectivity index (χ2n) is 8.35. The van der Waals surface area contributed by atoms with Gasteiger partial charge in [0.2, 0.25) is 0 Å². The smallest absolute Gasteiger partial charge is 0.275 e. The maximum atomic E-state index is 13.1. The van der Waals surface area contributed by atoms with Crippen molar-refractivity contribution in [3.8, 4) is 11.4 Å². The summed E-state index contributed by atoms with van der Waals surface area (Å²) in [6.07, 6.45) is 3.40. The number of nitrogens with zero attached hydrogens (tertiary/aromatic N) is 4.